The lowest BCUT2D eigenvalue weighted by atomic mass is 10.1. The Morgan fingerprint density at radius 1 is 1.15 bits per heavy atom. The number of rotatable bonds is 3. The van der Waals surface area contributed by atoms with Crippen molar-refractivity contribution in [3.05, 3.63) is 65.9 Å². The van der Waals surface area contributed by atoms with E-state index in [-0.39, 0.29) is 0 Å². The maximum atomic E-state index is 9.02. The average molecular weight is 262 g/mol. The first-order chi connectivity index (χ1) is 9.81. The van der Waals surface area contributed by atoms with Gasteiger partial charge in [-0.05, 0) is 29.7 Å². The van der Waals surface area contributed by atoms with Gasteiger partial charge in [0.1, 0.15) is 5.75 Å². The predicted octanol–water partition coefficient (Wildman–Crippen LogP) is 3.57. The van der Waals surface area contributed by atoms with E-state index in [1.54, 1.807) is 7.11 Å². The summed E-state index contributed by atoms with van der Waals surface area (Å²) in [6.07, 6.45) is 2.04. The molecular formula is C17H14N2O. The molecule has 20 heavy (non-hydrogen) atoms. The van der Waals surface area contributed by atoms with E-state index in [1.165, 1.54) is 0 Å². The van der Waals surface area contributed by atoms with Crippen LogP contribution in [0.5, 0.6) is 5.75 Å². The van der Waals surface area contributed by atoms with Gasteiger partial charge in [-0.25, -0.2) is 0 Å². The number of nitriles is 1. The van der Waals surface area contributed by atoms with Gasteiger partial charge in [0.2, 0.25) is 0 Å². The molecule has 3 rings (SSSR count). The minimum atomic E-state index is 0.678. The van der Waals surface area contributed by atoms with E-state index in [0.717, 1.165) is 28.8 Å². The lowest BCUT2D eigenvalue weighted by Crippen LogP contribution is -2.00. The molecule has 0 saturated heterocycles. The van der Waals surface area contributed by atoms with E-state index in [4.69, 9.17) is 10.00 Å². The molecule has 0 aliphatic rings. The van der Waals surface area contributed by atoms with E-state index < -0.39 is 0 Å². The van der Waals surface area contributed by atoms with E-state index in [9.17, 15) is 0 Å². The van der Waals surface area contributed by atoms with Gasteiger partial charge in [-0.1, -0.05) is 24.3 Å². The lowest BCUT2D eigenvalue weighted by molar-refractivity contribution is 0.408. The summed E-state index contributed by atoms with van der Waals surface area (Å²) < 4.78 is 7.52. The molecule has 0 amide bonds. The van der Waals surface area contributed by atoms with Crippen molar-refractivity contribution in [3.8, 4) is 11.8 Å². The van der Waals surface area contributed by atoms with Crippen molar-refractivity contribution >= 4 is 10.9 Å². The zero-order valence-corrected chi connectivity index (χ0v) is 11.2. The molecule has 0 aliphatic carbocycles. The third kappa shape index (κ3) is 2.12. The van der Waals surface area contributed by atoms with Crippen LogP contribution in [0.2, 0.25) is 0 Å². The summed E-state index contributed by atoms with van der Waals surface area (Å²) in [5, 5.41) is 10.2. The Bertz CT molecular complexity index is 796. The van der Waals surface area contributed by atoms with Crippen LogP contribution in [-0.4, -0.2) is 11.7 Å². The molecule has 1 heterocycles. The van der Waals surface area contributed by atoms with Gasteiger partial charge >= 0.3 is 0 Å². The van der Waals surface area contributed by atoms with Gasteiger partial charge in [-0.15, -0.1) is 0 Å². The van der Waals surface area contributed by atoms with Crippen molar-refractivity contribution in [2.45, 2.75) is 6.54 Å². The first-order valence-electron chi connectivity index (χ1n) is 6.42. The SMILES string of the molecule is COc1ccccc1Cn1ccc2ccc(C#N)cc21. The summed E-state index contributed by atoms with van der Waals surface area (Å²) in [5.41, 5.74) is 2.86. The second-order valence-electron chi connectivity index (χ2n) is 4.64. The molecule has 2 aromatic carbocycles. The minimum absolute atomic E-state index is 0.678. The van der Waals surface area contributed by atoms with Crippen LogP contribution in [0.1, 0.15) is 11.1 Å². The highest BCUT2D eigenvalue weighted by molar-refractivity contribution is 5.81. The molecule has 0 atom stereocenters. The van der Waals surface area contributed by atoms with Crippen molar-refractivity contribution < 1.29 is 4.74 Å². The topological polar surface area (TPSA) is 38.0 Å². The van der Waals surface area contributed by atoms with E-state index >= 15 is 0 Å². The van der Waals surface area contributed by atoms with Gasteiger partial charge in [0.15, 0.2) is 0 Å². The van der Waals surface area contributed by atoms with Crippen LogP contribution in [0.3, 0.4) is 0 Å². The molecule has 3 aromatic rings. The Morgan fingerprint density at radius 3 is 2.80 bits per heavy atom. The van der Waals surface area contributed by atoms with Gasteiger partial charge < -0.3 is 9.30 Å². The fourth-order valence-corrected chi connectivity index (χ4v) is 2.41. The number of aromatic nitrogens is 1. The molecule has 0 radical (unpaired) electrons. The molecule has 0 spiro atoms. The number of hydrogen-bond donors (Lipinski definition) is 0. The highest BCUT2D eigenvalue weighted by Gasteiger charge is 2.06. The summed E-state index contributed by atoms with van der Waals surface area (Å²) in [5.74, 6) is 0.880. The third-order valence-corrected chi connectivity index (χ3v) is 3.44. The smallest absolute Gasteiger partial charge is 0.123 e. The Hall–Kier alpha value is -2.73. The Kier molecular flexibility index (Phi) is 3.14. The van der Waals surface area contributed by atoms with Gasteiger partial charge in [0, 0.05) is 17.3 Å². The van der Waals surface area contributed by atoms with Crippen molar-refractivity contribution in [1.29, 1.82) is 5.26 Å². The summed E-state index contributed by atoms with van der Waals surface area (Å²) in [7, 11) is 1.68. The fraction of sp³-hybridized carbons (Fsp3) is 0.118. The van der Waals surface area contributed by atoms with E-state index in [0.29, 0.717) is 5.56 Å². The van der Waals surface area contributed by atoms with Gasteiger partial charge in [0.05, 0.1) is 25.3 Å². The highest BCUT2D eigenvalue weighted by atomic mass is 16.5. The van der Waals surface area contributed by atoms with Crippen LogP contribution >= 0.6 is 0 Å². The maximum Gasteiger partial charge on any atom is 0.123 e. The van der Waals surface area contributed by atoms with Crippen LogP contribution in [0.4, 0.5) is 0 Å². The Morgan fingerprint density at radius 2 is 2.00 bits per heavy atom. The molecule has 3 nitrogen and oxygen atoms in total. The normalized spacial score (nSPS) is 10.4. The number of hydrogen-bond acceptors (Lipinski definition) is 2. The summed E-state index contributed by atoms with van der Waals surface area (Å²) in [4.78, 5) is 0. The summed E-state index contributed by atoms with van der Waals surface area (Å²) >= 11 is 0. The first kappa shape index (κ1) is 12.3. The van der Waals surface area contributed by atoms with Crippen LogP contribution in [-0.2, 0) is 6.54 Å². The summed E-state index contributed by atoms with van der Waals surface area (Å²) in [6.45, 7) is 0.725. The highest BCUT2D eigenvalue weighted by Crippen LogP contribution is 2.23. The Balaban J connectivity index is 2.05. The number of fused-ring (bicyclic) bond motifs is 1. The van der Waals surface area contributed by atoms with Crippen molar-refractivity contribution in [3.63, 3.8) is 0 Å². The second kappa shape index (κ2) is 5.10. The second-order valence-corrected chi connectivity index (χ2v) is 4.64. The largest absolute Gasteiger partial charge is 0.496 e. The van der Waals surface area contributed by atoms with Crippen molar-refractivity contribution in [1.82, 2.24) is 4.57 Å². The fourth-order valence-electron chi connectivity index (χ4n) is 2.41. The molecule has 1 aromatic heterocycles. The zero-order chi connectivity index (χ0) is 13.9. The van der Waals surface area contributed by atoms with E-state index in [1.807, 2.05) is 42.6 Å². The van der Waals surface area contributed by atoms with Gasteiger partial charge in [-0.3, -0.25) is 0 Å². The molecule has 3 heteroatoms. The number of ether oxygens (including phenoxy) is 1. The summed E-state index contributed by atoms with van der Waals surface area (Å²) in [6, 6.07) is 18.0. The van der Waals surface area contributed by atoms with Crippen molar-refractivity contribution in [2.24, 2.45) is 0 Å². The third-order valence-electron chi connectivity index (χ3n) is 3.44. The standard InChI is InChI=1S/C17H14N2O/c1-20-17-5-3-2-4-15(17)12-19-9-8-14-7-6-13(11-18)10-16(14)19/h2-10H,12H2,1H3. The van der Waals surface area contributed by atoms with Gasteiger partial charge in [0.25, 0.3) is 0 Å². The van der Waals surface area contributed by atoms with Crippen LogP contribution in [0, 0.1) is 11.3 Å². The quantitative estimate of drug-likeness (QED) is 0.723. The average Bonchev–Trinajstić information content (AvgIpc) is 2.90. The first-order valence-corrected chi connectivity index (χ1v) is 6.42. The molecule has 0 N–H and O–H groups in total. The molecule has 0 bridgehead atoms. The van der Waals surface area contributed by atoms with Crippen LogP contribution in [0.15, 0.2) is 54.7 Å². The van der Waals surface area contributed by atoms with Crippen LogP contribution < -0.4 is 4.74 Å². The maximum absolute atomic E-state index is 9.02. The lowest BCUT2D eigenvalue weighted by Gasteiger charge is -2.10. The van der Waals surface area contributed by atoms with Crippen molar-refractivity contribution in [2.75, 3.05) is 7.11 Å². The molecular weight excluding hydrogens is 248 g/mol. The molecule has 0 aliphatic heterocycles. The Labute approximate surface area is 117 Å². The van der Waals surface area contributed by atoms with E-state index in [2.05, 4.69) is 22.8 Å². The molecule has 98 valence electrons. The number of benzene rings is 2. The number of para-hydroxylation sites is 1. The zero-order valence-electron chi connectivity index (χ0n) is 11.2. The van der Waals surface area contributed by atoms with Crippen LogP contribution in [0.25, 0.3) is 10.9 Å². The predicted molar refractivity (Wildman–Crippen MR) is 78.7 cm³/mol. The number of methoxy groups -OCH3 is 1. The molecule has 0 saturated carbocycles. The van der Waals surface area contributed by atoms with Gasteiger partial charge in [-0.2, -0.15) is 5.26 Å². The molecule has 0 unspecified atom stereocenters. The monoisotopic (exact) mass is 262 g/mol. The minimum Gasteiger partial charge on any atom is -0.496 e. The number of nitrogens with zero attached hydrogens (tertiary/aromatic N) is 2. The molecule has 0 fully saturated rings.